The van der Waals surface area contributed by atoms with Crippen LogP contribution in [0.25, 0.3) is 0 Å². The van der Waals surface area contributed by atoms with E-state index in [1.807, 2.05) is 24.3 Å². The Labute approximate surface area is 109 Å². The Hall–Kier alpha value is -1.53. The van der Waals surface area contributed by atoms with Gasteiger partial charge in [-0.05, 0) is 23.8 Å². The molecule has 2 heterocycles. The van der Waals surface area contributed by atoms with Gasteiger partial charge in [0.05, 0.1) is 5.69 Å². The highest BCUT2D eigenvalue weighted by Gasteiger charge is 2.41. The Bertz CT molecular complexity index is 477. The molecule has 2 aliphatic heterocycles. The van der Waals surface area contributed by atoms with Crippen LogP contribution in [0.2, 0.25) is 0 Å². The molecule has 1 aromatic rings. The standard InChI is InChI=1S/C13H14F3N3/c14-13(15,16)12-5-6-19(18-12)11-3-1-9(2-4-11)10-7-17-8-10/h1-6,10,12,17-18H,7-8H2. The highest BCUT2D eigenvalue weighted by molar-refractivity contribution is 5.51. The molecule has 0 aromatic heterocycles. The zero-order valence-corrected chi connectivity index (χ0v) is 10.1. The number of anilines is 1. The molecule has 1 unspecified atom stereocenters. The van der Waals surface area contributed by atoms with E-state index in [0.717, 1.165) is 19.2 Å². The monoisotopic (exact) mass is 269 g/mol. The summed E-state index contributed by atoms with van der Waals surface area (Å²) in [4.78, 5) is 0. The first-order valence-corrected chi connectivity index (χ1v) is 6.15. The Morgan fingerprint density at radius 3 is 2.26 bits per heavy atom. The van der Waals surface area contributed by atoms with Crippen LogP contribution in [0.4, 0.5) is 18.9 Å². The summed E-state index contributed by atoms with van der Waals surface area (Å²) in [5, 5.41) is 4.60. The average Bonchev–Trinajstić information content (AvgIpc) is 2.76. The van der Waals surface area contributed by atoms with Gasteiger partial charge >= 0.3 is 6.18 Å². The summed E-state index contributed by atoms with van der Waals surface area (Å²) < 4.78 is 37.6. The van der Waals surface area contributed by atoms with Crippen molar-refractivity contribution in [3.05, 3.63) is 42.1 Å². The number of hydrazine groups is 1. The van der Waals surface area contributed by atoms with Crippen molar-refractivity contribution in [2.45, 2.75) is 18.1 Å². The van der Waals surface area contributed by atoms with Crippen LogP contribution < -0.4 is 15.8 Å². The normalized spacial score (nSPS) is 23.7. The smallest absolute Gasteiger partial charge is 0.315 e. The first-order chi connectivity index (χ1) is 9.04. The lowest BCUT2D eigenvalue weighted by atomic mass is 9.94. The van der Waals surface area contributed by atoms with Crippen LogP contribution in [-0.2, 0) is 0 Å². The van der Waals surface area contributed by atoms with Crippen LogP contribution in [0.15, 0.2) is 36.5 Å². The third-order valence-electron chi connectivity index (χ3n) is 3.48. The minimum Gasteiger partial charge on any atom is -0.315 e. The number of hydrogen-bond donors (Lipinski definition) is 2. The molecule has 6 heteroatoms. The third kappa shape index (κ3) is 2.46. The lowest BCUT2D eigenvalue weighted by molar-refractivity contribution is -0.142. The van der Waals surface area contributed by atoms with Crippen LogP contribution in [0.5, 0.6) is 0 Å². The number of rotatable bonds is 2. The molecular formula is C13H14F3N3. The van der Waals surface area contributed by atoms with Gasteiger partial charge in [-0.25, -0.2) is 5.43 Å². The van der Waals surface area contributed by atoms with Gasteiger partial charge in [0.2, 0.25) is 0 Å². The maximum atomic E-state index is 12.5. The molecule has 102 valence electrons. The van der Waals surface area contributed by atoms with Gasteiger partial charge in [0.1, 0.15) is 6.04 Å². The highest BCUT2D eigenvalue weighted by atomic mass is 19.4. The second kappa shape index (κ2) is 4.54. The molecule has 0 saturated carbocycles. The van der Waals surface area contributed by atoms with Crippen LogP contribution in [0.3, 0.4) is 0 Å². The van der Waals surface area contributed by atoms with E-state index in [0.29, 0.717) is 11.6 Å². The largest absolute Gasteiger partial charge is 0.409 e. The van der Waals surface area contributed by atoms with Gasteiger partial charge in [0.15, 0.2) is 0 Å². The molecule has 1 aromatic carbocycles. The summed E-state index contributed by atoms with van der Waals surface area (Å²) in [6, 6.07) is 6.00. The molecule has 0 amide bonds. The molecule has 3 rings (SSSR count). The van der Waals surface area contributed by atoms with Crippen molar-refractivity contribution in [2.75, 3.05) is 18.1 Å². The summed E-state index contributed by atoms with van der Waals surface area (Å²) in [6.45, 7) is 1.94. The molecule has 19 heavy (non-hydrogen) atoms. The Kier molecular flexibility index (Phi) is 2.99. The van der Waals surface area contributed by atoms with E-state index in [4.69, 9.17) is 0 Å². The molecule has 2 aliphatic rings. The van der Waals surface area contributed by atoms with Crippen molar-refractivity contribution in [2.24, 2.45) is 0 Å². The van der Waals surface area contributed by atoms with Crippen molar-refractivity contribution >= 4 is 5.69 Å². The lowest BCUT2D eigenvalue weighted by Crippen LogP contribution is -2.44. The molecule has 1 fully saturated rings. The number of hydrogen-bond acceptors (Lipinski definition) is 3. The van der Waals surface area contributed by atoms with E-state index in [1.165, 1.54) is 16.8 Å². The first kappa shape index (κ1) is 12.5. The molecule has 1 saturated heterocycles. The number of nitrogens with one attached hydrogen (secondary N) is 2. The Morgan fingerprint density at radius 2 is 1.79 bits per heavy atom. The predicted octanol–water partition coefficient (Wildman–Crippen LogP) is 2.14. The van der Waals surface area contributed by atoms with Crippen LogP contribution in [0.1, 0.15) is 11.5 Å². The molecular weight excluding hydrogens is 255 g/mol. The Morgan fingerprint density at radius 1 is 1.11 bits per heavy atom. The second-order valence-corrected chi connectivity index (χ2v) is 4.81. The van der Waals surface area contributed by atoms with Gasteiger partial charge in [-0.15, -0.1) is 0 Å². The summed E-state index contributed by atoms with van der Waals surface area (Å²) in [5.41, 5.74) is 4.34. The van der Waals surface area contributed by atoms with Crippen LogP contribution in [-0.4, -0.2) is 25.3 Å². The van der Waals surface area contributed by atoms with E-state index in [-0.39, 0.29) is 0 Å². The first-order valence-electron chi connectivity index (χ1n) is 6.15. The summed E-state index contributed by atoms with van der Waals surface area (Å²) in [5.74, 6) is 0.527. The van der Waals surface area contributed by atoms with Gasteiger partial charge in [-0.2, -0.15) is 13.2 Å². The van der Waals surface area contributed by atoms with Gasteiger partial charge in [-0.3, -0.25) is 5.01 Å². The van der Waals surface area contributed by atoms with E-state index in [9.17, 15) is 13.2 Å². The molecule has 0 spiro atoms. The fourth-order valence-corrected chi connectivity index (χ4v) is 2.18. The molecule has 1 atom stereocenters. The maximum absolute atomic E-state index is 12.5. The number of nitrogens with zero attached hydrogens (tertiary/aromatic N) is 1. The quantitative estimate of drug-likeness (QED) is 0.861. The van der Waals surface area contributed by atoms with E-state index in [1.54, 1.807) is 0 Å². The SMILES string of the molecule is FC(F)(F)C1C=CN(c2ccc(C3CNC3)cc2)N1. The molecule has 2 N–H and O–H groups in total. The van der Waals surface area contributed by atoms with Crippen molar-refractivity contribution in [3.8, 4) is 0 Å². The van der Waals surface area contributed by atoms with Gasteiger partial charge in [0.25, 0.3) is 0 Å². The van der Waals surface area contributed by atoms with Crippen molar-refractivity contribution < 1.29 is 13.2 Å². The second-order valence-electron chi connectivity index (χ2n) is 4.81. The number of benzene rings is 1. The van der Waals surface area contributed by atoms with Gasteiger partial charge in [-0.1, -0.05) is 12.1 Å². The topological polar surface area (TPSA) is 27.3 Å². The zero-order chi connectivity index (χ0) is 13.5. The van der Waals surface area contributed by atoms with Gasteiger partial charge in [0, 0.05) is 25.2 Å². The molecule has 3 nitrogen and oxygen atoms in total. The molecule has 0 radical (unpaired) electrons. The highest BCUT2D eigenvalue weighted by Crippen LogP contribution is 2.28. The van der Waals surface area contributed by atoms with Crippen molar-refractivity contribution in [3.63, 3.8) is 0 Å². The summed E-state index contributed by atoms with van der Waals surface area (Å²) in [7, 11) is 0. The van der Waals surface area contributed by atoms with Crippen molar-refractivity contribution in [1.29, 1.82) is 0 Å². The Balaban J connectivity index is 1.69. The molecule has 0 bridgehead atoms. The number of alkyl halides is 3. The fourth-order valence-electron chi connectivity index (χ4n) is 2.18. The average molecular weight is 269 g/mol. The fraction of sp³-hybridized carbons (Fsp3) is 0.385. The van der Waals surface area contributed by atoms with Crippen molar-refractivity contribution in [1.82, 2.24) is 10.7 Å². The third-order valence-corrected chi connectivity index (χ3v) is 3.48. The summed E-state index contributed by atoms with van der Waals surface area (Å²) >= 11 is 0. The van der Waals surface area contributed by atoms with E-state index in [2.05, 4.69) is 10.7 Å². The number of halogens is 3. The van der Waals surface area contributed by atoms with Gasteiger partial charge < -0.3 is 5.32 Å². The van der Waals surface area contributed by atoms with E-state index >= 15 is 0 Å². The van der Waals surface area contributed by atoms with Crippen LogP contribution >= 0.6 is 0 Å². The lowest BCUT2D eigenvalue weighted by Gasteiger charge is -2.28. The summed E-state index contributed by atoms with van der Waals surface area (Å²) in [6.07, 6.45) is -1.73. The zero-order valence-electron chi connectivity index (χ0n) is 10.1. The maximum Gasteiger partial charge on any atom is 0.409 e. The van der Waals surface area contributed by atoms with E-state index < -0.39 is 12.2 Å². The van der Waals surface area contributed by atoms with Crippen LogP contribution in [0, 0.1) is 0 Å². The predicted molar refractivity (Wildman–Crippen MR) is 66.7 cm³/mol. The minimum absolute atomic E-state index is 0.527. The minimum atomic E-state index is -4.26. The molecule has 0 aliphatic carbocycles.